The Morgan fingerprint density at radius 3 is 2.57 bits per heavy atom. The molecule has 8 heteroatoms. The number of morpholine rings is 1. The normalized spacial score (nSPS) is 14.9. The molecule has 2 heterocycles. The fourth-order valence-corrected chi connectivity index (χ4v) is 3.21. The van der Waals surface area contributed by atoms with E-state index in [1.54, 1.807) is 12.4 Å². The number of nitrogens with zero attached hydrogens (tertiary/aromatic N) is 3. The van der Waals surface area contributed by atoms with Crippen molar-refractivity contribution in [3.8, 4) is 0 Å². The molecule has 1 aromatic heterocycles. The Kier molecular flexibility index (Phi) is 10.0. The molecule has 8 nitrogen and oxygen atoms in total. The molecule has 0 aliphatic carbocycles. The smallest absolute Gasteiger partial charge is 0.407 e. The monoisotopic (exact) mass is 420 g/mol. The zero-order valence-corrected chi connectivity index (χ0v) is 18.6. The van der Waals surface area contributed by atoms with Crippen LogP contribution in [0.5, 0.6) is 0 Å². The van der Waals surface area contributed by atoms with E-state index >= 15 is 0 Å². The zero-order chi connectivity index (χ0) is 21.8. The highest BCUT2D eigenvalue weighted by molar-refractivity contribution is 5.76. The summed E-state index contributed by atoms with van der Waals surface area (Å²) in [5.74, 6) is 0.0970. The molecule has 1 N–H and O–H groups in total. The molecule has 1 aliphatic heterocycles. The van der Waals surface area contributed by atoms with Crippen molar-refractivity contribution in [2.75, 3.05) is 45.9 Å². The maximum Gasteiger partial charge on any atom is 0.407 e. The standard InChI is InChI=1S/C22H36N4O4/c1-22(2,3)30-21(28)24-9-4-6-20(27)26(18-19-7-10-23-11-8-19)13-5-12-25-14-16-29-17-15-25/h7-8,10-11H,4-6,9,12-18H2,1-3H3,(H,24,28). The number of carbonyl (C=O) groups is 2. The number of amides is 2. The minimum absolute atomic E-state index is 0.0970. The summed E-state index contributed by atoms with van der Waals surface area (Å²) in [7, 11) is 0. The molecule has 0 spiro atoms. The molecule has 30 heavy (non-hydrogen) atoms. The molecule has 1 saturated heterocycles. The van der Waals surface area contributed by atoms with Gasteiger partial charge in [0, 0.05) is 58.1 Å². The molecule has 0 atom stereocenters. The van der Waals surface area contributed by atoms with Crippen molar-refractivity contribution in [2.45, 2.75) is 52.2 Å². The number of rotatable bonds is 10. The second kappa shape index (κ2) is 12.5. The fraction of sp³-hybridized carbons (Fsp3) is 0.682. The molecular formula is C22H36N4O4. The number of ether oxygens (including phenoxy) is 2. The first kappa shape index (κ1) is 24.1. The molecule has 1 aromatic rings. The lowest BCUT2D eigenvalue weighted by atomic mass is 10.2. The summed E-state index contributed by atoms with van der Waals surface area (Å²) in [6, 6.07) is 3.87. The topological polar surface area (TPSA) is 84.0 Å². The van der Waals surface area contributed by atoms with Crippen LogP contribution >= 0.6 is 0 Å². The predicted octanol–water partition coefficient (Wildman–Crippen LogP) is 2.44. The van der Waals surface area contributed by atoms with Crippen LogP contribution in [0.2, 0.25) is 0 Å². The average Bonchev–Trinajstić information content (AvgIpc) is 2.70. The van der Waals surface area contributed by atoms with Gasteiger partial charge in [0.2, 0.25) is 5.91 Å². The second-order valence-electron chi connectivity index (χ2n) is 8.51. The fourth-order valence-electron chi connectivity index (χ4n) is 3.21. The zero-order valence-electron chi connectivity index (χ0n) is 18.6. The van der Waals surface area contributed by atoms with Gasteiger partial charge in [0.25, 0.3) is 0 Å². The molecule has 0 radical (unpaired) electrons. The lowest BCUT2D eigenvalue weighted by Crippen LogP contribution is -2.39. The lowest BCUT2D eigenvalue weighted by Gasteiger charge is -2.28. The Labute approximate surface area is 179 Å². The van der Waals surface area contributed by atoms with Gasteiger partial charge in [-0.2, -0.15) is 0 Å². The molecular weight excluding hydrogens is 384 g/mol. The predicted molar refractivity (Wildman–Crippen MR) is 115 cm³/mol. The largest absolute Gasteiger partial charge is 0.444 e. The van der Waals surface area contributed by atoms with E-state index in [0.717, 1.165) is 44.8 Å². The molecule has 0 bridgehead atoms. The Morgan fingerprint density at radius 1 is 1.20 bits per heavy atom. The van der Waals surface area contributed by atoms with Crippen molar-refractivity contribution >= 4 is 12.0 Å². The summed E-state index contributed by atoms with van der Waals surface area (Å²) >= 11 is 0. The van der Waals surface area contributed by atoms with Gasteiger partial charge in [0.1, 0.15) is 5.60 Å². The van der Waals surface area contributed by atoms with Crippen LogP contribution in [-0.4, -0.2) is 78.3 Å². The van der Waals surface area contributed by atoms with Gasteiger partial charge in [-0.15, -0.1) is 0 Å². The molecule has 0 saturated carbocycles. The summed E-state index contributed by atoms with van der Waals surface area (Å²) in [5, 5.41) is 2.71. The highest BCUT2D eigenvalue weighted by atomic mass is 16.6. The highest BCUT2D eigenvalue weighted by Crippen LogP contribution is 2.09. The highest BCUT2D eigenvalue weighted by Gasteiger charge is 2.17. The van der Waals surface area contributed by atoms with E-state index in [0.29, 0.717) is 32.5 Å². The SMILES string of the molecule is CC(C)(C)OC(=O)NCCCC(=O)N(CCCN1CCOCC1)Cc1ccncc1. The third-order valence-corrected chi connectivity index (χ3v) is 4.72. The van der Waals surface area contributed by atoms with Crippen molar-refractivity contribution in [2.24, 2.45) is 0 Å². The van der Waals surface area contributed by atoms with Gasteiger partial charge in [0.05, 0.1) is 13.2 Å². The van der Waals surface area contributed by atoms with Crippen molar-refractivity contribution in [3.05, 3.63) is 30.1 Å². The van der Waals surface area contributed by atoms with Crippen LogP contribution < -0.4 is 5.32 Å². The minimum Gasteiger partial charge on any atom is -0.444 e. The number of hydrogen-bond donors (Lipinski definition) is 1. The van der Waals surface area contributed by atoms with E-state index < -0.39 is 11.7 Å². The quantitative estimate of drug-likeness (QED) is 0.586. The number of aromatic nitrogens is 1. The Morgan fingerprint density at radius 2 is 1.90 bits per heavy atom. The molecule has 2 rings (SSSR count). The van der Waals surface area contributed by atoms with Gasteiger partial charge >= 0.3 is 6.09 Å². The number of nitrogens with one attached hydrogen (secondary N) is 1. The van der Waals surface area contributed by atoms with Crippen molar-refractivity contribution in [1.82, 2.24) is 20.1 Å². The second-order valence-corrected chi connectivity index (χ2v) is 8.51. The Hall–Kier alpha value is -2.19. The first-order valence-electron chi connectivity index (χ1n) is 10.8. The van der Waals surface area contributed by atoms with E-state index in [1.165, 1.54) is 0 Å². The van der Waals surface area contributed by atoms with Crippen LogP contribution in [0, 0.1) is 0 Å². The summed E-state index contributed by atoms with van der Waals surface area (Å²) in [6.07, 6.45) is 4.93. The van der Waals surface area contributed by atoms with Gasteiger partial charge in [-0.3, -0.25) is 14.7 Å². The van der Waals surface area contributed by atoms with Crippen molar-refractivity contribution in [3.63, 3.8) is 0 Å². The Bertz CT molecular complexity index is 642. The third-order valence-electron chi connectivity index (χ3n) is 4.72. The van der Waals surface area contributed by atoms with E-state index in [2.05, 4.69) is 15.2 Å². The number of alkyl carbamates (subject to hydrolysis) is 1. The van der Waals surface area contributed by atoms with Gasteiger partial charge in [-0.25, -0.2) is 4.79 Å². The molecule has 0 unspecified atom stereocenters. The first-order valence-corrected chi connectivity index (χ1v) is 10.8. The maximum atomic E-state index is 12.8. The van der Waals surface area contributed by atoms with Crippen molar-refractivity contribution < 1.29 is 19.1 Å². The molecule has 1 fully saturated rings. The minimum atomic E-state index is -0.526. The maximum absolute atomic E-state index is 12.8. The van der Waals surface area contributed by atoms with Crippen LogP contribution in [0.4, 0.5) is 4.79 Å². The van der Waals surface area contributed by atoms with E-state index in [-0.39, 0.29) is 5.91 Å². The summed E-state index contributed by atoms with van der Waals surface area (Å²) < 4.78 is 10.6. The van der Waals surface area contributed by atoms with Gasteiger partial charge in [0.15, 0.2) is 0 Å². The number of carbonyl (C=O) groups excluding carboxylic acids is 2. The van der Waals surface area contributed by atoms with Crippen LogP contribution in [0.15, 0.2) is 24.5 Å². The van der Waals surface area contributed by atoms with E-state index in [1.807, 2.05) is 37.8 Å². The molecule has 2 amide bonds. The third kappa shape index (κ3) is 10.0. The van der Waals surface area contributed by atoms with Crippen molar-refractivity contribution in [1.29, 1.82) is 0 Å². The van der Waals surface area contributed by atoms with Gasteiger partial charge in [-0.1, -0.05) is 0 Å². The van der Waals surface area contributed by atoms with Gasteiger partial charge in [-0.05, 0) is 51.3 Å². The molecule has 0 aromatic carbocycles. The average molecular weight is 421 g/mol. The summed E-state index contributed by atoms with van der Waals surface area (Å²) in [4.78, 5) is 32.9. The summed E-state index contributed by atoms with van der Waals surface area (Å²) in [5.41, 5.74) is 0.540. The van der Waals surface area contributed by atoms with Crippen LogP contribution in [0.25, 0.3) is 0 Å². The van der Waals surface area contributed by atoms with Crippen LogP contribution in [0.3, 0.4) is 0 Å². The van der Waals surface area contributed by atoms with Crippen LogP contribution in [0.1, 0.15) is 45.6 Å². The van der Waals surface area contributed by atoms with Crippen LogP contribution in [-0.2, 0) is 20.8 Å². The molecule has 168 valence electrons. The Balaban J connectivity index is 1.78. The number of pyridine rings is 1. The molecule has 1 aliphatic rings. The van der Waals surface area contributed by atoms with Gasteiger partial charge < -0.3 is 19.7 Å². The summed E-state index contributed by atoms with van der Waals surface area (Å²) in [6.45, 7) is 11.6. The number of hydrogen-bond acceptors (Lipinski definition) is 6. The van der Waals surface area contributed by atoms with E-state index in [9.17, 15) is 9.59 Å². The lowest BCUT2D eigenvalue weighted by molar-refractivity contribution is -0.132. The van der Waals surface area contributed by atoms with E-state index in [4.69, 9.17) is 9.47 Å². The first-order chi connectivity index (χ1) is 14.3.